The molecule has 19 heavy (non-hydrogen) atoms. The summed E-state index contributed by atoms with van der Waals surface area (Å²) in [7, 11) is 1.84. The minimum absolute atomic E-state index is 0.216. The lowest BCUT2D eigenvalue weighted by molar-refractivity contribution is 0.240. The Balaban J connectivity index is 1.75. The highest BCUT2D eigenvalue weighted by atomic mass is 16.2. The number of nitrogens with one attached hydrogen (secondary N) is 2. The van der Waals surface area contributed by atoms with Gasteiger partial charge in [-0.2, -0.15) is 5.10 Å². The second-order valence-electron chi connectivity index (χ2n) is 4.33. The standard InChI is InChI=1S/C13H17N5O/c1-10-4-3-5-12(17-10)8-15-13(19)14-6-11-7-16-18(2)9-11/h3-5,7,9H,6,8H2,1-2H3,(H2,14,15,19). The predicted molar refractivity (Wildman–Crippen MR) is 71.3 cm³/mol. The molecule has 0 saturated carbocycles. The monoisotopic (exact) mass is 259 g/mol. The van der Waals surface area contributed by atoms with Gasteiger partial charge in [-0.05, 0) is 19.1 Å². The van der Waals surface area contributed by atoms with Crippen molar-refractivity contribution in [1.82, 2.24) is 25.4 Å². The minimum Gasteiger partial charge on any atom is -0.334 e. The highest BCUT2D eigenvalue weighted by Gasteiger charge is 2.02. The summed E-state index contributed by atoms with van der Waals surface area (Å²) < 4.78 is 1.70. The molecule has 2 aromatic heterocycles. The number of carbonyl (C=O) groups is 1. The van der Waals surface area contributed by atoms with E-state index in [0.717, 1.165) is 17.0 Å². The number of urea groups is 1. The van der Waals surface area contributed by atoms with Crippen molar-refractivity contribution in [3.8, 4) is 0 Å². The third-order valence-electron chi connectivity index (χ3n) is 2.59. The Hall–Kier alpha value is -2.37. The summed E-state index contributed by atoms with van der Waals surface area (Å²) in [6.45, 7) is 2.80. The van der Waals surface area contributed by atoms with Gasteiger partial charge >= 0.3 is 6.03 Å². The molecule has 2 heterocycles. The molecule has 0 saturated heterocycles. The van der Waals surface area contributed by atoms with Crippen molar-refractivity contribution in [2.24, 2.45) is 7.05 Å². The number of rotatable bonds is 4. The van der Waals surface area contributed by atoms with Crippen molar-refractivity contribution >= 4 is 6.03 Å². The van der Waals surface area contributed by atoms with Gasteiger partial charge in [0.2, 0.25) is 0 Å². The molecule has 6 heteroatoms. The predicted octanol–water partition coefficient (Wildman–Crippen LogP) is 1.12. The summed E-state index contributed by atoms with van der Waals surface area (Å²) in [5.74, 6) is 0. The molecule has 100 valence electrons. The average Bonchev–Trinajstić information content (AvgIpc) is 2.80. The highest BCUT2D eigenvalue weighted by Crippen LogP contribution is 1.98. The van der Waals surface area contributed by atoms with Crippen molar-refractivity contribution in [3.63, 3.8) is 0 Å². The minimum atomic E-state index is -0.216. The van der Waals surface area contributed by atoms with E-state index in [1.807, 2.05) is 38.4 Å². The van der Waals surface area contributed by atoms with Crippen molar-refractivity contribution < 1.29 is 4.79 Å². The number of amides is 2. The van der Waals surface area contributed by atoms with E-state index in [1.54, 1.807) is 10.9 Å². The molecule has 0 aliphatic carbocycles. The van der Waals surface area contributed by atoms with Crippen molar-refractivity contribution in [2.45, 2.75) is 20.0 Å². The maximum absolute atomic E-state index is 11.6. The van der Waals surface area contributed by atoms with Gasteiger partial charge in [-0.15, -0.1) is 0 Å². The fraction of sp³-hybridized carbons (Fsp3) is 0.308. The van der Waals surface area contributed by atoms with Gasteiger partial charge in [0.05, 0.1) is 18.4 Å². The van der Waals surface area contributed by atoms with E-state index < -0.39 is 0 Å². The first-order valence-corrected chi connectivity index (χ1v) is 6.05. The van der Waals surface area contributed by atoms with Crippen molar-refractivity contribution in [1.29, 1.82) is 0 Å². The smallest absolute Gasteiger partial charge is 0.315 e. The van der Waals surface area contributed by atoms with Crippen LogP contribution in [0.25, 0.3) is 0 Å². The van der Waals surface area contributed by atoms with Gasteiger partial charge in [0, 0.05) is 31.0 Å². The normalized spacial score (nSPS) is 10.2. The first-order valence-electron chi connectivity index (χ1n) is 6.05. The van der Waals surface area contributed by atoms with Gasteiger partial charge in [0.1, 0.15) is 0 Å². The molecule has 0 bridgehead atoms. The Morgan fingerprint density at radius 2 is 2.11 bits per heavy atom. The lowest BCUT2D eigenvalue weighted by Crippen LogP contribution is -2.34. The fourth-order valence-corrected chi connectivity index (χ4v) is 1.68. The molecule has 0 unspecified atom stereocenters. The molecule has 2 rings (SSSR count). The van der Waals surface area contributed by atoms with Crippen LogP contribution in [0.2, 0.25) is 0 Å². The Morgan fingerprint density at radius 3 is 2.79 bits per heavy atom. The Labute approximate surface area is 111 Å². The third-order valence-corrected chi connectivity index (χ3v) is 2.59. The van der Waals surface area contributed by atoms with Gasteiger partial charge < -0.3 is 10.6 Å². The maximum Gasteiger partial charge on any atom is 0.315 e. The molecule has 6 nitrogen and oxygen atoms in total. The zero-order valence-electron chi connectivity index (χ0n) is 11.1. The Bertz CT molecular complexity index is 564. The molecule has 0 aliphatic rings. The largest absolute Gasteiger partial charge is 0.334 e. The van der Waals surface area contributed by atoms with E-state index >= 15 is 0 Å². The first-order chi connectivity index (χ1) is 9.13. The topological polar surface area (TPSA) is 71.8 Å². The van der Waals surface area contributed by atoms with Crippen LogP contribution in [0.5, 0.6) is 0 Å². The zero-order chi connectivity index (χ0) is 13.7. The molecule has 0 aromatic carbocycles. The van der Waals surface area contributed by atoms with E-state index in [-0.39, 0.29) is 6.03 Å². The lowest BCUT2D eigenvalue weighted by Gasteiger charge is -2.06. The molecule has 0 aliphatic heterocycles. The number of aromatic nitrogens is 3. The molecule has 2 N–H and O–H groups in total. The molecule has 0 radical (unpaired) electrons. The quantitative estimate of drug-likeness (QED) is 0.864. The van der Waals surface area contributed by atoms with Crippen LogP contribution in [-0.2, 0) is 20.1 Å². The van der Waals surface area contributed by atoms with Gasteiger partial charge in [-0.3, -0.25) is 9.67 Å². The van der Waals surface area contributed by atoms with E-state index in [0.29, 0.717) is 13.1 Å². The summed E-state index contributed by atoms with van der Waals surface area (Å²) in [6.07, 6.45) is 3.59. The first kappa shape index (κ1) is 13.1. The number of nitrogens with zero attached hydrogens (tertiary/aromatic N) is 3. The average molecular weight is 259 g/mol. The summed E-state index contributed by atoms with van der Waals surface area (Å²) >= 11 is 0. The zero-order valence-corrected chi connectivity index (χ0v) is 11.1. The summed E-state index contributed by atoms with van der Waals surface area (Å²) in [4.78, 5) is 15.9. The van der Waals surface area contributed by atoms with Gasteiger partial charge in [0.25, 0.3) is 0 Å². The summed E-state index contributed by atoms with van der Waals surface area (Å²) in [6, 6.07) is 5.51. The lowest BCUT2D eigenvalue weighted by atomic mass is 10.3. The van der Waals surface area contributed by atoms with E-state index in [2.05, 4.69) is 20.7 Å². The maximum atomic E-state index is 11.6. The molecule has 2 amide bonds. The van der Waals surface area contributed by atoms with E-state index in [1.165, 1.54) is 0 Å². The number of carbonyl (C=O) groups excluding carboxylic acids is 1. The second-order valence-corrected chi connectivity index (χ2v) is 4.33. The summed E-state index contributed by atoms with van der Waals surface area (Å²) in [5.41, 5.74) is 2.75. The van der Waals surface area contributed by atoms with Crippen LogP contribution >= 0.6 is 0 Å². The molecule has 0 atom stereocenters. The van der Waals surface area contributed by atoms with Crippen LogP contribution in [-0.4, -0.2) is 20.8 Å². The van der Waals surface area contributed by atoms with E-state index in [9.17, 15) is 4.79 Å². The van der Waals surface area contributed by atoms with Gasteiger partial charge in [0.15, 0.2) is 0 Å². The fourth-order valence-electron chi connectivity index (χ4n) is 1.68. The second kappa shape index (κ2) is 5.99. The van der Waals surface area contributed by atoms with Gasteiger partial charge in [-0.1, -0.05) is 6.07 Å². The Kier molecular flexibility index (Phi) is 4.12. The van der Waals surface area contributed by atoms with Crippen LogP contribution in [0.4, 0.5) is 4.79 Å². The third kappa shape index (κ3) is 4.09. The number of aryl methyl sites for hydroxylation is 2. The number of hydrogen-bond acceptors (Lipinski definition) is 3. The van der Waals surface area contributed by atoms with Crippen LogP contribution in [0.15, 0.2) is 30.6 Å². The number of hydrogen-bond donors (Lipinski definition) is 2. The van der Waals surface area contributed by atoms with Crippen LogP contribution < -0.4 is 10.6 Å². The molecule has 0 fully saturated rings. The van der Waals surface area contributed by atoms with Crippen LogP contribution in [0.3, 0.4) is 0 Å². The SMILES string of the molecule is Cc1cccc(CNC(=O)NCc2cnn(C)c2)n1. The summed E-state index contributed by atoms with van der Waals surface area (Å²) in [5, 5.41) is 9.56. The molecular formula is C13H17N5O. The Morgan fingerprint density at radius 1 is 1.32 bits per heavy atom. The molecular weight excluding hydrogens is 242 g/mol. The highest BCUT2D eigenvalue weighted by molar-refractivity contribution is 5.73. The van der Waals surface area contributed by atoms with Crippen LogP contribution in [0.1, 0.15) is 17.0 Å². The molecule has 2 aromatic rings. The van der Waals surface area contributed by atoms with Crippen LogP contribution in [0, 0.1) is 6.92 Å². The van der Waals surface area contributed by atoms with Crippen molar-refractivity contribution in [2.75, 3.05) is 0 Å². The van der Waals surface area contributed by atoms with E-state index in [4.69, 9.17) is 0 Å². The van der Waals surface area contributed by atoms with Gasteiger partial charge in [-0.25, -0.2) is 4.79 Å². The molecule has 0 spiro atoms. The number of pyridine rings is 1. The van der Waals surface area contributed by atoms with Crippen molar-refractivity contribution in [3.05, 3.63) is 47.5 Å².